The quantitative estimate of drug-likeness (QED) is 0.545. The highest BCUT2D eigenvalue weighted by atomic mass is 79.9. The number of ether oxygens (including phenoxy) is 2. The maximum Gasteiger partial charge on any atom is 0.268 e. The van der Waals surface area contributed by atoms with Crippen LogP contribution in [0.1, 0.15) is 24.8 Å². The number of rotatable bonds is 5. The fraction of sp³-hybridized carbons (Fsp3) is 0.381. The third-order valence-corrected chi connectivity index (χ3v) is 5.87. The van der Waals surface area contributed by atoms with Crippen LogP contribution in [0.5, 0.6) is 5.75 Å². The Morgan fingerprint density at radius 2 is 1.93 bits per heavy atom. The second kappa shape index (κ2) is 9.41. The summed E-state index contributed by atoms with van der Waals surface area (Å²) in [6, 6.07) is 8.78. The summed E-state index contributed by atoms with van der Waals surface area (Å²) in [5.74, 6) is -0.935. The van der Waals surface area contributed by atoms with Gasteiger partial charge in [-0.15, -0.1) is 12.4 Å². The van der Waals surface area contributed by atoms with Crippen LogP contribution >= 0.6 is 28.3 Å². The molecule has 9 heteroatoms. The number of nitrogens with one attached hydrogen (secondary N) is 2. The van der Waals surface area contributed by atoms with Gasteiger partial charge in [-0.2, -0.15) is 0 Å². The Kier molecular flexibility index (Phi) is 7.10. The fourth-order valence-corrected chi connectivity index (χ4v) is 4.20. The summed E-state index contributed by atoms with van der Waals surface area (Å²) in [7, 11) is 3.20. The normalized spacial score (nSPS) is 20.1. The number of halogens is 3. The van der Waals surface area contributed by atoms with Gasteiger partial charge in [0.2, 0.25) is 0 Å². The lowest BCUT2D eigenvalue weighted by molar-refractivity contribution is 0.0187. The Morgan fingerprint density at radius 1 is 1.17 bits per heavy atom. The van der Waals surface area contributed by atoms with Gasteiger partial charge in [0.25, 0.3) is 5.85 Å². The first-order valence-corrected chi connectivity index (χ1v) is 10.4. The highest BCUT2D eigenvalue weighted by Crippen LogP contribution is 2.43. The molecule has 4 rings (SSSR count). The monoisotopic (exact) mass is 498 g/mol. The maximum absolute atomic E-state index is 14.5. The van der Waals surface area contributed by atoms with Crippen LogP contribution in [0.2, 0.25) is 0 Å². The van der Waals surface area contributed by atoms with Gasteiger partial charge in [-0.3, -0.25) is 0 Å². The summed E-state index contributed by atoms with van der Waals surface area (Å²) >= 11 is 3.28. The minimum Gasteiger partial charge on any atom is -0.495 e. The van der Waals surface area contributed by atoms with Crippen molar-refractivity contribution in [3.8, 4) is 5.75 Å². The SMILES string of the molecule is COc1cc2c(cc1N1CCCCC1)NC=NC2(Nc1ccc(Br)cc1F)OC.Cl. The second-order valence-electron chi connectivity index (χ2n) is 7.12. The molecule has 0 bridgehead atoms. The molecule has 30 heavy (non-hydrogen) atoms. The predicted octanol–water partition coefficient (Wildman–Crippen LogP) is 5.33. The van der Waals surface area contributed by atoms with Gasteiger partial charge >= 0.3 is 0 Å². The van der Waals surface area contributed by atoms with E-state index in [1.165, 1.54) is 25.3 Å². The molecule has 1 saturated heterocycles. The molecular weight excluding hydrogens is 475 g/mol. The van der Waals surface area contributed by atoms with E-state index in [4.69, 9.17) is 9.47 Å². The van der Waals surface area contributed by atoms with E-state index in [2.05, 4.69) is 42.5 Å². The van der Waals surface area contributed by atoms with Gasteiger partial charge in [0.15, 0.2) is 0 Å². The minimum absolute atomic E-state index is 0. The number of nitrogens with zero attached hydrogens (tertiary/aromatic N) is 2. The molecule has 0 saturated carbocycles. The van der Waals surface area contributed by atoms with Crippen molar-refractivity contribution in [1.29, 1.82) is 0 Å². The molecule has 1 fully saturated rings. The van der Waals surface area contributed by atoms with Crippen molar-refractivity contribution in [3.63, 3.8) is 0 Å². The number of methoxy groups -OCH3 is 2. The molecule has 2 aromatic rings. The molecule has 0 radical (unpaired) electrons. The number of anilines is 3. The van der Waals surface area contributed by atoms with Crippen LogP contribution in [0, 0.1) is 5.82 Å². The zero-order chi connectivity index (χ0) is 20.4. The van der Waals surface area contributed by atoms with E-state index in [1.807, 2.05) is 6.07 Å². The van der Waals surface area contributed by atoms with E-state index in [1.54, 1.807) is 32.7 Å². The van der Waals surface area contributed by atoms with Gasteiger partial charge in [0.05, 0.1) is 36.1 Å². The largest absolute Gasteiger partial charge is 0.495 e. The summed E-state index contributed by atoms with van der Waals surface area (Å²) in [6.45, 7) is 2.00. The standard InChI is InChI=1S/C21H24BrFN4O2.ClH/c1-28-20-11-15-18(12-19(20)27-8-4-3-5-9-27)24-13-25-21(15,29-2)26-17-7-6-14(22)10-16(17)23;/h6-7,10-13,26H,3-5,8-9H2,1-2H3,(H,24,25);1H. The minimum atomic E-state index is -1.27. The van der Waals surface area contributed by atoms with Gasteiger partial charge in [-0.1, -0.05) is 15.9 Å². The molecule has 0 aliphatic carbocycles. The third-order valence-electron chi connectivity index (χ3n) is 5.38. The number of piperidine rings is 1. The molecule has 2 N–H and O–H groups in total. The predicted molar refractivity (Wildman–Crippen MR) is 125 cm³/mol. The lowest BCUT2D eigenvalue weighted by Crippen LogP contribution is -2.39. The fourth-order valence-electron chi connectivity index (χ4n) is 3.86. The Morgan fingerprint density at radius 3 is 2.60 bits per heavy atom. The number of benzene rings is 2. The first-order valence-electron chi connectivity index (χ1n) is 9.62. The summed E-state index contributed by atoms with van der Waals surface area (Å²) in [5.41, 5.74) is 2.89. The smallest absolute Gasteiger partial charge is 0.268 e. The van der Waals surface area contributed by atoms with Crippen LogP contribution in [0.4, 0.5) is 21.5 Å². The van der Waals surface area contributed by atoms with Crippen LogP contribution in [-0.2, 0) is 10.6 Å². The second-order valence-corrected chi connectivity index (χ2v) is 8.03. The lowest BCUT2D eigenvalue weighted by atomic mass is 10.0. The molecule has 0 aromatic heterocycles. The zero-order valence-electron chi connectivity index (χ0n) is 16.9. The summed E-state index contributed by atoms with van der Waals surface area (Å²) in [6.07, 6.45) is 5.16. The molecule has 2 heterocycles. The number of aliphatic imine (C=N–C) groups is 1. The van der Waals surface area contributed by atoms with Crippen molar-refractivity contribution < 1.29 is 13.9 Å². The van der Waals surface area contributed by atoms with E-state index in [9.17, 15) is 4.39 Å². The summed E-state index contributed by atoms with van der Waals surface area (Å²) in [4.78, 5) is 6.82. The lowest BCUT2D eigenvalue weighted by Gasteiger charge is -2.36. The molecule has 1 unspecified atom stereocenters. The molecule has 1 atom stereocenters. The van der Waals surface area contributed by atoms with Gasteiger partial charge in [-0.05, 0) is 49.6 Å². The van der Waals surface area contributed by atoms with Crippen molar-refractivity contribution in [2.45, 2.75) is 25.1 Å². The van der Waals surface area contributed by atoms with Gasteiger partial charge < -0.3 is 25.0 Å². The van der Waals surface area contributed by atoms with Gasteiger partial charge in [-0.25, -0.2) is 9.38 Å². The van der Waals surface area contributed by atoms with Crippen LogP contribution in [0.3, 0.4) is 0 Å². The number of fused-ring (bicyclic) bond motifs is 1. The Hall–Kier alpha value is -2.03. The van der Waals surface area contributed by atoms with E-state index < -0.39 is 11.7 Å². The molecular formula is C21H25BrClFN4O2. The van der Waals surface area contributed by atoms with Crippen LogP contribution in [0.25, 0.3) is 0 Å². The molecule has 6 nitrogen and oxygen atoms in total. The van der Waals surface area contributed by atoms with E-state index >= 15 is 0 Å². The van der Waals surface area contributed by atoms with Crippen LogP contribution in [-0.4, -0.2) is 33.6 Å². The average molecular weight is 500 g/mol. The summed E-state index contributed by atoms with van der Waals surface area (Å²) in [5, 5.41) is 6.32. The highest BCUT2D eigenvalue weighted by Gasteiger charge is 2.38. The number of hydrogen-bond acceptors (Lipinski definition) is 6. The highest BCUT2D eigenvalue weighted by molar-refractivity contribution is 9.10. The maximum atomic E-state index is 14.5. The summed E-state index contributed by atoms with van der Waals surface area (Å²) < 4.78 is 26.6. The van der Waals surface area contributed by atoms with Crippen molar-refractivity contribution in [1.82, 2.24) is 0 Å². The van der Waals surface area contributed by atoms with Crippen molar-refractivity contribution >= 4 is 51.7 Å². The number of hydrogen-bond donors (Lipinski definition) is 2. The van der Waals surface area contributed by atoms with Crippen LogP contribution in [0.15, 0.2) is 39.8 Å². The van der Waals surface area contributed by atoms with E-state index in [0.717, 1.165) is 35.8 Å². The average Bonchev–Trinajstić information content (AvgIpc) is 2.75. The van der Waals surface area contributed by atoms with Crippen molar-refractivity contribution in [3.05, 3.63) is 46.2 Å². The van der Waals surface area contributed by atoms with Gasteiger partial charge in [0.1, 0.15) is 11.6 Å². The van der Waals surface area contributed by atoms with E-state index in [-0.39, 0.29) is 12.4 Å². The molecule has 2 aliphatic rings. The third kappa shape index (κ3) is 4.22. The first kappa shape index (κ1) is 22.7. The topological polar surface area (TPSA) is 58.1 Å². The first-order chi connectivity index (χ1) is 14.1. The zero-order valence-corrected chi connectivity index (χ0v) is 19.3. The Bertz CT molecular complexity index is 939. The Balaban J connectivity index is 0.00000256. The van der Waals surface area contributed by atoms with E-state index in [0.29, 0.717) is 10.2 Å². The van der Waals surface area contributed by atoms with Gasteiger partial charge in [0, 0.05) is 24.7 Å². The molecule has 2 aromatic carbocycles. The van der Waals surface area contributed by atoms with Crippen LogP contribution < -0.4 is 20.3 Å². The Labute approximate surface area is 190 Å². The molecule has 2 aliphatic heterocycles. The van der Waals surface area contributed by atoms with Crippen molar-refractivity contribution in [2.24, 2.45) is 4.99 Å². The molecule has 0 spiro atoms. The molecule has 162 valence electrons. The van der Waals surface area contributed by atoms with Crippen molar-refractivity contribution in [2.75, 3.05) is 42.8 Å². The molecule has 0 amide bonds.